The third-order valence-corrected chi connectivity index (χ3v) is 4.32. The average Bonchev–Trinajstić information content (AvgIpc) is 3.08. The molecule has 0 amide bonds. The number of hydrogen-bond acceptors (Lipinski definition) is 5. The van der Waals surface area contributed by atoms with Gasteiger partial charge in [0.2, 0.25) is 5.11 Å². The minimum Gasteiger partial charge on any atom is -0.205 e. The molecule has 7 heteroatoms. The number of hydrogen-bond donors (Lipinski definition) is 0. The van der Waals surface area contributed by atoms with Gasteiger partial charge in [0, 0.05) is 4.88 Å². The Morgan fingerprint density at radius 2 is 2.11 bits per heavy atom. The molecule has 1 atom stereocenters. The predicted octanol–water partition coefficient (Wildman–Crippen LogP) is 3.90. The maximum Gasteiger partial charge on any atom is 0.238 e. The van der Waals surface area contributed by atoms with Gasteiger partial charge in [-0.05, 0) is 35.1 Å². The average molecular weight is 292 g/mol. The molecule has 3 heterocycles. The molecule has 0 bridgehead atoms. The molecule has 4 nitrogen and oxygen atoms in total. The molecule has 2 aromatic rings. The van der Waals surface area contributed by atoms with Gasteiger partial charge in [0.05, 0.1) is 11.1 Å². The van der Waals surface area contributed by atoms with E-state index >= 15 is 0 Å². The van der Waals surface area contributed by atoms with Crippen molar-refractivity contribution in [2.45, 2.75) is 6.17 Å². The molecule has 18 heavy (non-hydrogen) atoms. The minimum absolute atomic E-state index is 0.214. The molecule has 0 aliphatic carbocycles. The second-order valence-electron chi connectivity index (χ2n) is 3.49. The van der Waals surface area contributed by atoms with Crippen LogP contribution in [0.3, 0.4) is 0 Å². The van der Waals surface area contributed by atoms with E-state index in [-0.39, 0.29) is 6.17 Å². The van der Waals surface area contributed by atoms with E-state index < -0.39 is 0 Å². The van der Waals surface area contributed by atoms with Crippen LogP contribution in [-0.2, 0) is 0 Å². The summed E-state index contributed by atoms with van der Waals surface area (Å²) in [7, 11) is 0. The third kappa shape index (κ3) is 2.24. The van der Waals surface area contributed by atoms with E-state index in [1.165, 1.54) is 0 Å². The molecule has 0 spiro atoms. The number of rotatable bonds is 3. The third-order valence-electron chi connectivity index (χ3n) is 2.33. The van der Waals surface area contributed by atoms with Crippen LogP contribution in [0.5, 0.6) is 0 Å². The lowest BCUT2D eigenvalue weighted by atomic mass is 10.4. The fourth-order valence-electron chi connectivity index (χ4n) is 1.52. The summed E-state index contributed by atoms with van der Waals surface area (Å²) in [6, 6.07) is 7.98. The fraction of sp³-hybridized carbons (Fsp3) is 0.0909. The van der Waals surface area contributed by atoms with Gasteiger partial charge in [0.15, 0.2) is 6.17 Å². The van der Waals surface area contributed by atoms with Crippen molar-refractivity contribution in [3.63, 3.8) is 0 Å². The zero-order valence-electron chi connectivity index (χ0n) is 9.13. The molecule has 0 N–H and O–H groups in total. The Morgan fingerprint density at radius 3 is 2.83 bits per heavy atom. The second-order valence-corrected chi connectivity index (χ2v) is 5.82. The van der Waals surface area contributed by atoms with Gasteiger partial charge in [0.1, 0.15) is 0 Å². The lowest BCUT2D eigenvalue weighted by molar-refractivity contribution is 0.372. The highest BCUT2D eigenvalue weighted by Gasteiger charge is 2.28. The lowest BCUT2D eigenvalue weighted by Gasteiger charge is -2.15. The van der Waals surface area contributed by atoms with E-state index in [0.717, 1.165) is 9.75 Å². The zero-order valence-corrected chi connectivity index (χ0v) is 11.6. The van der Waals surface area contributed by atoms with E-state index in [0.29, 0.717) is 5.11 Å². The van der Waals surface area contributed by atoms with Gasteiger partial charge in [0.25, 0.3) is 0 Å². The van der Waals surface area contributed by atoms with Crippen molar-refractivity contribution in [2.75, 3.05) is 0 Å². The number of azo groups is 1. The quantitative estimate of drug-likeness (QED) is 0.636. The van der Waals surface area contributed by atoms with E-state index in [1.54, 1.807) is 33.9 Å². The molecular weight excluding hydrogens is 284 g/mol. The van der Waals surface area contributed by atoms with Crippen molar-refractivity contribution in [1.29, 1.82) is 0 Å². The van der Waals surface area contributed by atoms with Crippen molar-refractivity contribution >= 4 is 46.2 Å². The normalized spacial score (nSPS) is 19.2. The van der Waals surface area contributed by atoms with Crippen molar-refractivity contribution in [3.8, 4) is 0 Å². The van der Waals surface area contributed by atoms with Crippen LogP contribution >= 0.6 is 34.9 Å². The van der Waals surface area contributed by atoms with Gasteiger partial charge in [-0.15, -0.1) is 27.8 Å². The Balaban J connectivity index is 1.83. The number of hydrazone groups is 1. The molecular formula is C11H8N4S3. The van der Waals surface area contributed by atoms with E-state index in [9.17, 15) is 0 Å². The largest absolute Gasteiger partial charge is 0.238 e. The number of thiocarbonyl (C=S) groups is 1. The summed E-state index contributed by atoms with van der Waals surface area (Å²) in [5.41, 5.74) is 0. The van der Waals surface area contributed by atoms with Gasteiger partial charge < -0.3 is 0 Å². The van der Waals surface area contributed by atoms with E-state index in [1.807, 2.05) is 35.0 Å². The van der Waals surface area contributed by atoms with Crippen molar-refractivity contribution in [3.05, 3.63) is 44.8 Å². The first kappa shape index (κ1) is 11.6. The minimum atomic E-state index is -0.214. The summed E-state index contributed by atoms with van der Waals surface area (Å²) in [4.78, 5) is 2.16. The lowest BCUT2D eigenvalue weighted by Crippen LogP contribution is -2.21. The molecule has 0 saturated carbocycles. The van der Waals surface area contributed by atoms with Crippen LogP contribution in [-0.4, -0.2) is 16.3 Å². The Bertz CT molecular complexity index is 586. The SMILES string of the molecule is S=C1N=NC(c2cccs2)N1N=Cc1cccs1. The summed E-state index contributed by atoms with van der Waals surface area (Å²) in [5, 5.41) is 18.6. The Hall–Kier alpha value is -1.44. The standard InChI is InChI=1S/C11H8N4S3/c16-11-14-13-10(9-4-2-6-18-9)15(11)12-7-8-3-1-5-17-8/h1-7,10H. The van der Waals surface area contributed by atoms with Gasteiger partial charge in [-0.3, -0.25) is 0 Å². The maximum absolute atomic E-state index is 5.15. The Kier molecular flexibility index (Phi) is 3.26. The van der Waals surface area contributed by atoms with Crippen LogP contribution in [0.15, 0.2) is 50.4 Å². The van der Waals surface area contributed by atoms with Crippen molar-refractivity contribution in [1.82, 2.24) is 5.01 Å². The molecule has 0 radical (unpaired) electrons. The molecule has 0 fully saturated rings. The van der Waals surface area contributed by atoms with Crippen LogP contribution in [0, 0.1) is 0 Å². The molecule has 3 rings (SSSR count). The van der Waals surface area contributed by atoms with Gasteiger partial charge in [-0.25, -0.2) is 5.01 Å². The molecule has 0 aromatic carbocycles. The zero-order chi connectivity index (χ0) is 12.4. The molecule has 0 saturated heterocycles. The summed E-state index contributed by atoms with van der Waals surface area (Å²) in [6.45, 7) is 0. The smallest absolute Gasteiger partial charge is 0.205 e. The Labute approximate surface area is 117 Å². The maximum atomic E-state index is 5.15. The number of nitrogens with zero attached hydrogens (tertiary/aromatic N) is 4. The summed E-state index contributed by atoms with van der Waals surface area (Å²) in [5.74, 6) is 0. The highest BCUT2D eigenvalue weighted by Crippen LogP contribution is 2.31. The second kappa shape index (κ2) is 5.05. The van der Waals surface area contributed by atoms with Crippen LogP contribution in [0.1, 0.15) is 15.9 Å². The fourth-order valence-corrected chi connectivity index (χ4v) is 3.03. The van der Waals surface area contributed by atoms with Gasteiger partial charge in [-0.1, -0.05) is 12.1 Å². The topological polar surface area (TPSA) is 40.3 Å². The molecule has 1 aliphatic rings. The molecule has 2 aromatic heterocycles. The monoisotopic (exact) mass is 292 g/mol. The summed E-state index contributed by atoms with van der Waals surface area (Å²) >= 11 is 8.40. The van der Waals surface area contributed by atoms with Crippen LogP contribution in [0.25, 0.3) is 0 Å². The first-order valence-electron chi connectivity index (χ1n) is 5.19. The van der Waals surface area contributed by atoms with Crippen LogP contribution in [0.4, 0.5) is 0 Å². The molecule has 1 unspecified atom stereocenters. The number of thiophene rings is 2. The molecule has 90 valence electrons. The van der Waals surface area contributed by atoms with Gasteiger partial charge in [-0.2, -0.15) is 10.2 Å². The van der Waals surface area contributed by atoms with Crippen molar-refractivity contribution < 1.29 is 0 Å². The van der Waals surface area contributed by atoms with E-state index in [4.69, 9.17) is 12.2 Å². The van der Waals surface area contributed by atoms with Crippen LogP contribution in [0.2, 0.25) is 0 Å². The highest BCUT2D eigenvalue weighted by molar-refractivity contribution is 7.80. The predicted molar refractivity (Wildman–Crippen MR) is 78.3 cm³/mol. The molecule has 1 aliphatic heterocycles. The van der Waals surface area contributed by atoms with Gasteiger partial charge >= 0.3 is 0 Å². The summed E-state index contributed by atoms with van der Waals surface area (Å²) in [6.07, 6.45) is 1.57. The first-order chi connectivity index (χ1) is 8.84. The van der Waals surface area contributed by atoms with Crippen molar-refractivity contribution in [2.24, 2.45) is 15.3 Å². The first-order valence-corrected chi connectivity index (χ1v) is 7.36. The van der Waals surface area contributed by atoms with E-state index in [2.05, 4.69) is 15.3 Å². The Morgan fingerprint density at radius 1 is 1.28 bits per heavy atom. The highest BCUT2D eigenvalue weighted by atomic mass is 32.1. The summed E-state index contributed by atoms with van der Waals surface area (Å²) < 4.78 is 0. The van der Waals surface area contributed by atoms with Crippen LogP contribution < -0.4 is 0 Å².